The lowest BCUT2D eigenvalue weighted by Crippen LogP contribution is -2.48. The zero-order valence-corrected chi connectivity index (χ0v) is 33.8. The zero-order valence-electron chi connectivity index (χ0n) is 32.0. The van der Waals surface area contributed by atoms with E-state index in [1.165, 1.54) is 0 Å². The molecule has 0 saturated carbocycles. The molecule has 3 fully saturated rings. The number of aliphatic hydroxyl groups excluding tert-OH is 1. The minimum absolute atomic E-state index is 0.0228. The fraction of sp³-hybridized carbons (Fsp3) is 0.828. The van der Waals surface area contributed by atoms with Crippen LogP contribution in [-0.2, 0) is 65.4 Å². The minimum atomic E-state index is -5.19. The Hall–Kier alpha value is -2.31. The van der Waals surface area contributed by atoms with E-state index in [1.807, 2.05) is 0 Å². The monoisotopic (exact) mass is 866 g/mol. The van der Waals surface area contributed by atoms with Crippen molar-refractivity contribution in [2.75, 3.05) is 65.6 Å². The Morgan fingerprint density at radius 3 is 1.59 bits per heavy atom. The van der Waals surface area contributed by atoms with Gasteiger partial charge in [0.2, 0.25) is 29.5 Å². The van der Waals surface area contributed by atoms with Crippen LogP contribution in [0.5, 0.6) is 0 Å². The van der Waals surface area contributed by atoms with Gasteiger partial charge in [0.1, 0.15) is 41.9 Å². The van der Waals surface area contributed by atoms with Crippen LogP contribution < -0.4 is 31.5 Å². The van der Waals surface area contributed by atoms with Crippen molar-refractivity contribution in [1.29, 1.82) is 0 Å². The van der Waals surface area contributed by atoms with E-state index in [2.05, 4.69) is 16.0 Å². The minimum Gasteiger partial charge on any atom is -0.756 e. The molecule has 6 N–H and O–H groups in total. The molecule has 3 heterocycles. The van der Waals surface area contributed by atoms with Crippen molar-refractivity contribution < 1.29 is 80.3 Å². The average Bonchev–Trinajstić information content (AvgIpc) is 3.82. The highest BCUT2D eigenvalue weighted by molar-refractivity contribution is 7.46. The molecule has 11 atom stereocenters. The van der Waals surface area contributed by atoms with Gasteiger partial charge in [-0.15, -0.1) is 0 Å². The van der Waals surface area contributed by atoms with Gasteiger partial charge in [-0.05, 0) is 31.9 Å². The fourth-order valence-corrected chi connectivity index (χ4v) is 7.81. The van der Waals surface area contributed by atoms with Crippen LogP contribution in [0.3, 0.4) is 0 Å². The second-order valence-corrected chi connectivity index (χ2v) is 16.2. The molecule has 3 saturated heterocycles. The lowest BCUT2D eigenvalue weighted by atomic mass is 9.96. The number of phosphoric acid groups is 2. The quantitative estimate of drug-likeness (QED) is 0.0421. The van der Waals surface area contributed by atoms with Crippen molar-refractivity contribution >= 4 is 84.4 Å². The van der Waals surface area contributed by atoms with Crippen molar-refractivity contribution in [1.82, 2.24) is 25.8 Å². The Kier molecular flexibility index (Phi) is 21.1. The predicted octanol–water partition coefficient (Wildman–Crippen LogP) is -6.92. The molecule has 59 heavy (non-hydrogen) atoms. The van der Waals surface area contributed by atoms with Crippen LogP contribution in [0.25, 0.3) is 0 Å². The van der Waals surface area contributed by atoms with Crippen molar-refractivity contribution in [2.24, 2.45) is 5.73 Å². The molecule has 5 unspecified atom stereocenters. The summed E-state index contributed by atoms with van der Waals surface area (Å²) in [5.41, 5.74) is 5.23. The van der Waals surface area contributed by atoms with Crippen LogP contribution in [0.1, 0.15) is 19.3 Å². The molecule has 320 valence electrons. The van der Waals surface area contributed by atoms with E-state index in [-0.39, 0.29) is 58.5 Å². The van der Waals surface area contributed by atoms with Gasteiger partial charge >= 0.3 is 0 Å². The summed E-state index contributed by atoms with van der Waals surface area (Å²) >= 11 is 0. The van der Waals surface area contributed by atoms with E-state index in [0.717, 1.165) is 9.80 Å². The number of rotatable bonds is 25. The van der Waals surface area contributed by atoms with Crippen molar-refractivity contribution in [3.8, 4) is 0 Å². The molecule has 30 heteroatoms. The van der Waals surface area contributed by atoms with Gasteiger partial charge in [-0.3, -0.25) is 33.1 Å². The summed E-state index contributed by atoms with van der Waals surface area (Å²) in [4.78, 5) is 88.9. The molecule has 0 aromatic rings. The lowest BCUT2D eigenvalue weighted by Gasteiger charge is -2.32. The summed E-state index contributed by atoms with van der Waals surface area (Å²) in [6.45, 7) is -3.24. The van der Waals surface area contributed by atoms with E-state index in [4.69, 9.17) is 77.3 Å². The number of nitrogens with two attached hydrogens (primary N) is 1. The molecule has 3 aliphatic heterocycles. The number of nitrogens with one attached hydrogen (secondary N) is 3. The Labute approximate surface area is 347 Å². The van der Waals surface area contributed by atoms with Gasteiger partial charge < -0.3 is 78.7 Å². The maximum atomic E-state index is 12.9. The largest absolute Gasteiger partial charge is 0.756 e. The van der Waals surface area contributed by atoms with Crippen LogP contribution in [0.4, 0.5) is 0 Å². The van der Waals surface area contributed by atoms with Gasteiger partial charge in [0.15, 0.2) is 0 Å². The van der Waals surface area contributed by atoms with Gasteiger partial charge in [-0.2, -0.15) is 0 Å². The van der Waals surface area contributed by atoms with Crippen molar-refractivity contribution in [3.05, 3.63) is 0 Å². The highest BCUT2D eigenvalue weighted by atomic mass is 31.2. The molecule has 3 rings (SSSR count). The first-order valence-corrected chi connectivity index (χ1v) is 21.3. The van der Waals surface area contributed by atoms with Gasteiger partial charge in [-0.1, -0.05) is 0 Å². The first kappa shape index (κ1) is 51.0. The second kappa shape index (κ2) is 24.4. The first-order chi connectivity index (χ1) is 27.7. The Bertz CT molecular complexity index is 1530. The molecule has 0 bridgehead atoms. The Morgan fingerprint density at radius 2 is 1.12 bits per heavy atom. The number of carbonyl (C=O) groups excluding carboxylic acids is 5. The molecule has 0 aliphatic carbocycles. The lowest BCUT2D eigenvalue weighted by molar-refractivity contribution is -0.237. The SMILES string of the molecule is [B]CC(=O)N(CCNC(=O)CN)CC(=O)NCCN(CC(=O)NC[C@H]1O[C@@H]([B])CC1OP(=O)([O-])OC[C@H]1O[C@@H]([B])CC1OP(=O)([O-])OC[C@H]1O[C@@H]([B])CC1O)C(=O)C[B]. The summed E-state index contributed by atoms with van der Waals surface area (Å²) in [5.74, 6) is -3.01. The summed E-state index contributed by atoms with van der Waals surface area (Å²) in [6.07, 6.45) is -8.25. The normalized spacial score (nSPS) is 28.6. The Balaban J connectivity index is 1.46. The topological polar surface area (TPSA) is 319 Å². The number of hydrogen-bond acceptors (Lipinski definition) is 18. The zero-order chi connectivity index (χ0) is 43.9. The van der Waals surface area contributed by atoms with Crippen LogP contribution >= 0.6 is 15.6 Å². The number of amides is 5. The van der Waals surface area contributed by atoms with Crippen molar-refractivity contribution in [3.63, 3.8) is 0 Å². The third-order valence-corrected chi connectivity index (χ3v) is 10.8. The van der Waals surface area contributed by atoms with Crippen LogP contribution in [0, 0.1) is 0 Å². The molecular weight excluding hydrogens is 820 g/mol. The molecule has 10 radical (unpaired) electrons. The molecule has 0 aromatic carbocycles. The standard InChI is InChI=1S/C29H47B5N6O17P2/c30-8-28(45)39(3-1-36-25(42)10-35)12-26(43)37-2-4-40(29(46)9-31)13-27(44)38-11-19-17(6-23(33)53-19)56-59(49,50)52-15-21-18(7-24(34)55-21)57-58(47,48)51-14-20-16(41)5-22(32)54-20/h16-24,41H,1-15,35H2,(H,36,42)(H,37,43)(H,38,44)(H,47,48)(H,49,50)/p-2/t16?,17?,18?,19-,20-,21-,22-,23-,24-/m1/s1. The van der Waals surface area contributed by atoms with E-state index >= 15 is 0 Å². The van der Waals surface area contributed by atoms with Crippen LogP contribution in [0.2, 0.25) is 12.6 Å². The Morgan fingerprint density at radius 1 is 0.695 bits per heavy atom. The summed E-state index contributed by atoms with van der Waals surface area (Å²) in [5, 5.41) is 17.4. The van der Waals surface area contributed by atoms with E-state index in [1.54, 1.807) is 0 Å². The number of carbonyl (C=O) groups is 5. The number of nitrogens with zero attached hydrogens (tertiary/aromatic N) is 2. The first-order valence-electron chi connectivity index (χ1n) is 18.4. The maximum absolute atomic E-state index is 12.9. The van der Waals surface area contributed by atoms with E-state index in [0.29, 0.717) is 0 Å². The second-order valence-electron chi connectivity index (χ2n) is 13.4. The highest BCUT2D eigenvalue weighted by Gasteiger charge is 2.40. The molecule has 5 amide bonds. The molecule has 23 nitrogen and oxygen atoms in total. The van der Waals surface area contributed by atoms with Crippen LogP contribution in [0.15, 0.2) is 0 Å². The van der Waals surface area contributed by atoms with Gasteiger partial charge in [0.25, 0.3) is 15.6 Å². The van der Waals surface area contributed by atoms with E-state index < -0.39 is 139 Å². The smallest absolute Gasteiger partial charge is 0.268 e. The number of aliphatic hydroxyl groups is 1. The molecular formula is C29H45B5N6O17P2-2. The summed E-state index contributed by atoms with van der Waals surface area (Å²) in [6, 6.07) is -2.86. The van der Waals surface area contributed by atoms with Crippen molar-refractivity contribution in [2.45, 2.75) is 86.5 Å². The molecule has 0 spiro atoms. The highest BCUT2D eigenvalue weighted by Crippen LogP contribution is 2.46. The molecule has 3 aliphatic rings. The maximum Gasteiger partial charge on any atom is 0.268 e. The number of phosphoric ester groups is 2. The third-order valence-electron chi connectivity index (χ3n) is 8.85. The average molecular weight is 866 g/mol. The van der Waals surface area contributed by atoms with Gasteiger partial charge in [0.05, 0.1) is 66.9 Å². The molecule has 0 aromatic heterocycles. The third kappa shape index (κ3) is 17.9. The fourth-order valence-electron chi connectivity index (χ4n) is 5.93. The predicted molar refractivity (Wildman–Crippen MR) is 202 cm³/mol. The number of ether oxygens (including phenoxy) is 3. The van der Waals surface area contributed by atoms with Gasteiger partial charge in [0, 0.05) is 50.7 Å². The van der Waals surface area contributed by atoms with E-state index in [9.17, 15) is 48.0 Å². The van der Waals surface area contributed by atoms with Crippen LogP contribution in [-0.4, -0.2) is 204 Å². The van der Waals surface area contributed by atoms with Gasteiger partial charge in [-0.25, -0.2) is 0 Å². The summed E-state index contributed by atoms with van der Waals surface area (Å²) in [7, 11) is 17.9. The summed E-state index contributed by atoms with van der Waals surface area (Å²) < 4.78 is 61.4. The number of hydrogen-bond donors (Lipinski definition) is 5.